The third kappa shape index (κ3) is 7.38. The fraction of sp³-hybridized carbons (Fsp3) is 0.306. The molecule has 4 aromatic carbocycles. The van der Waals surface area contributed by atoms with Gasteiger partial charge in [0.25, 0.3) is 0 Å². The van der Waals surface area contributed by atoms with Gasteiger partial charge in [0, 0.05) is 13.1 Å². The van der Waals surface area contributed by atoms with Crippen molar-refractivity contribution in [2.24, 2.45) is 0 Å². The largest absolute Gasteiger partial charge is 0.494 e. The highest BCUT2D eigenvalue weighted by molar-refractivity contribution is 6.62. The van der Waals surface area contributed by atoms with E-state index in [0.717, 1.165) is 27.7 Å². The van der Waals surface area contributed by atoms with Gasteiger partial charge in [-0.25, -0.2) is 0 Å². The summed E-state index contributed by atoms with van der Waals surface area (Å²) in [6.45, 7) is 9.70. The predicted octanol–water partition coefficient (Wildman–Crippen LogP) is 6.34. The highest BCUT2D eigenvalue weighted by Gasteiger charge is 2.51. The Bertz CT molecular complexity index is 1370. The average molecular weight is 562 g/mol. The standard InChI is InChI=1S/C36H40BNO4/c1-35(2)36(3,4)42-37(41-35)32-22-20-28(21-23-32)24-33(34(39)40-27-31-18-12-7-13-19-31)38(25-29-14-8-5-9-15-29)26-30-16-10-6-11-17-30/h5-23,33H,24-27H2,1-4H3/t33-/m0/s1. The average Bonchev–Trinajstić information content (AvgIpc) is 3.22. The Morgan fingerprint density at radius 2 is 1.12 bits per heavy atom. The van der Waals surface area contributed by atoms with Gasteiger partial charge < -0.3 is 14.0 Å². The molecular weight excluding hydrogens is 521 g/mol. The van der Waals surface area contributed by atoms with E-state index in [1.807, 2.05) is 78.9 Å². The third-order valence-electron chi connectivity index (χ3n) is 8.33. The van der Waals surface area contributed by atoms with Gasteiger partial charge in [0.05, 0.1) is 11.2 Å². The molecule has 5 rings (SSSR count). The lowest BCUT2D eigenvalue weighted by Gasteiger charge is -2.32. The van der Waals surface area contributed by atoms with Crippen LogP contribution in [0.5, 0.6) is 0 Å². The number of nitrogens with zero attached hydrogens (tertiary/aromatic N) is 1. The van der Waals surface area contributed by atoms with Gasteiger partial charge in [0.2, 0.25) is 0 Å². The maximum absolute atomic E-state index is 13.9. The Balaban J connectivity index is 1.40. The fourth-order valence-electron chi connectivity index (χ4n) is 5.11. The second-order valence-corrected chi connectivity index (χ2v) is 12.0. The van der Waals surface area contributed by atoms with Gasteiger partial charge in [0.15, 0.2) is 0 Å². The zero-order valence-corrected chi connectivity index (χ0v) is 25.0. The molecule has 216 valence electrons. The lowest BCUT2D eigenvalue weighted by molar-refractivity contribution is -0.152. The minimum Gasteiger partial charge on any atom is -0.460 e. The van der Waals surface area contributed by atoms with Crippen molar-refractivity contribution in [1.29, 1.82) is 0 Å². The van der Waals surface area contributed by atoms with E-state index in [-0.39, 0.29) is 12.6 Å². The summed E-state index contributed by atoms with van der Waals surface area (Å²) in [6, 6.07) is 38.1. The highest BCUT2D eigenvalue weighted by atomic mass is 16.7. The maximum Gasteiger partial charge on any atom is 0.494 e. The maximum atomic E-state index is 13.9. The van der Waals surface area contributed by atoms with Crippen molar-refractivity contribution in [1.82, 2.24) is 4.90 Å². The summed E-state index contributed by atoms with van der Waals surface area (Å²) in [4.78, 5) is 16.1. The molecule has 0 spiro atoms. The molecule has 1 atom stereocenters. The number of ether oxygens (including phenoxy) is 1. The second kappa shape index (κ2) is 13.1. The fourth-order valence-corrected chi connectivity index (χ4v) is 5.11. The van der Waals surface area contributed by atoms with Crippen LogP contribution in [-0.4, -0.2) is 35.2 Å². The van der Waals surface area contributed by atoms with Gasteiger partial charge in [-0.1, -0.05) is 115 Å². The molecule has 0 bridgehead atoms. The van der Waals surface area contributed by atoms with Crippen LogP contribution in [0, 0.1) is 0 Å². The van der Waals surface area contributed by atoms with Crippen molar-refractivity contribution >= 4 is 18.6 Å². The molecule has 0 saturated carbocycles. The monoisotopic (exact) mass is 561 g/mol. The minimum absolute atomic E-state index is 0.235. The number of rotatable bonds is 11. The molecule has 0 radical (unpaired) electrons. The number of benzene rings is 4. The van der Waals surface area contributed by atoms with E-state index in [0.29, 0.717) is 19.5 Å². The summed E-state index contributed by atoms with van der Waals surface area (Å²) in [5, 5.41) is 0. The van der Waals surface area contributed by atoms with Crippen LogP contribution in [0.2, 0.25) is 0 Å². The molecule has 1 heterocycles. The Kier molecular flexibility index (Phi) is 9.27. The normalized spacial score (nSPS) is 16.4. The summed E-state index contributed by atoms with van der Waals surface area (Å²) in [5.41, 5.74) is 4.46. The van der Waals surface area contributed by atoms with Crippen LogP contribution in [0.15, 0.2) is 115 Å². The molecule has 4 aromatic rings. The second-order valence-electron chi connectivity index (χ2n) is 12.0. The summed E-state index contributed by atoms with van der Waals surface area (Å²) in [7, 11) is -0.427. The molecular formula is C36H40BNO4. The molecule has 1 aliphatic heterocycles. The van der Waals surface area contributed by atoms with E-state index in [2.05, 4.69) is 69.0 Å². The number of hydrogen-bond donors (Lipinski definition) is 0. The lowest BCUT2D eigenvalue weighted by atomic mass is 9.78. The summed E-state index contributed by atoms with van der Waals surface area (Å²) in [6.07, 6.45) is 0.511. The van der Waals surface area contributed by atoms with Crippen LogP contribution >= 0.6 is 0 Å². The number of carbonyl (C=O) groups is 1. The van der Waals surface area contributed by atoms with Crippen molar-refractivity contribution < 1.29 is 18.8 Å². The molecule has 5 nitrogen and oxygen atoms in total. The Morgan fingerprint density at radius 1 is 0.667 bits per heavy atom. The van der Waals surface area contributed by atoms with Gasteiger partial charge in [-0.3, -0.25) is 9.69 Å². The first-order valence-corrected chi connectivity index (χ1v) is 14.7. The molecule has 1 saturated heterocycles. The van der Waals surface area contributed by atoms with E-state index >= 15 is 0 Å². The van der Waals surface area contributed by atoms with Crippen molar-refractivity contribution in [3.05, 3.63) is 138 Å². The first kappa shape index (κ1) is 29.8. The summed E-state index contributed by atoms with van der Waals surface area (Å²) in [5.74, 6) is -0.235. The molecule has 1 aliphatic rings. The number of hydrogen-bond acceptors (Lipinski definition) is 5. The van der Waals surface area contributed by atoms with Gasteiger partial charge in [0.1, 0.15) is 12.6 Å². The Morgan fingerprint density at radius 3 is 1.60 bits per heavy atom. The first-order chi connectivity index (χ1) is 20.2. The molecule has 0 aliphatic carbocycles. The lowest BCUT2D eigenvalue weighted by Crippen LogP contribution is -2.43. The van der Waals surface area contributed by atoms with E-state index in [1.165, 1.54) is 0 Å². The Hall–Kier alpha value is -3.71. The zero-order chi connectivity index (χ0) is 29.6. The quantitative estimate of drug-likeness (QED) is 0.158. The van der Waals surface area contributed by atoms with Crippen LogP contribution in [-0.2, 0) is 45.0 Å². The zero-order valence-electron chi connectivity index (χ0n) is 25.0. The van der Waals surface area contributed by atoms with Crippen LogP contribution in [0.3, 0.4) is 0 Å². The Labute approximate surface area is 250 Å². The van der Waals surface area contributed by atoms with Crippen molar-refractivity contribution in [2.75, 3.05) is 0 Å². The molecule has 1 fully saturated rings. The van der Waals surface area contributed by atoms with Crippen molar-refractivity contribution in [2.45, 2.75) is 71.1 Å². The van der Waals surface area contributed by atoms with Crippen molar-refractivity contribution in [3.8, 4) is 0 Å². The highest BCUT2D eigenvalue weighted by Crippen LogP contribution is 2.36. The molecule has 6 heteroatoms. The molecule has 42 heavy (non-hydrogen) atoms. The molecule has 0 unspecified atom stereocenters. The van der Waals surface area contributed by atoms with Gasteiger partial charge in [-0.15, -0.1) is 0 Å². The third-order valence-corrected chi connectivity index (χ3v) is 8.33. The van der Waals surface area contributed by atoms with Crippen molar-refractivity contribution in [3.63, 3.8) is 0 Å². The predicted molar refractivity (Wildman–Crippen MR) is 168 cm³/mol. The molecule has 0 N–H and O–H groups in total. The van der Waals surface area contributed by atoms with Gasteiger partial charge in [-0.05, 0) is 61.8 Å². The van der Waals surface area contributed by atoms with Crippen LogP contribution in [0.25, 0.3) is 0 Å². The SMILES string of the molecule is CC1(C)OB(c2ccc(C[C@@H](C(=O)OCc3ccccc3)N(Cc3ccccc3)Cc3ccccc3)cc2)OC1(C)C. The van der Waals surface area contributed by atoms with Gasteiger partial charge in [-0.2, -0.15) is 0 Å². The topological polar surface area (TPSA) is 48.0 Å². The van der Waals surface area contributed by atoms with E-state index < -0.39 is 24.4 Å². The number of esters is 1. The smallest absolute Gasteiger partial charge is 0.460 e. The first-order valence-electron chi connectivity index (χ1n) is 14.7. The van der Waals surface area contributed by atoms with Crippen LogP contribution in [0.4, 0.5) is 0 Å². The summed E-state index contributed by atoms with van der Waals surface area (Å²) < 4.78 is 18.4. The van der Waals surface area contributed by atoms with E-state index in [1.54, 1.807) is 0 Å². The minimum atomic E-state index is -0.489. The molecule has 0 aromatic heterocycles. The number of carbonyl (C=O) groups excluding carboxylic acids is 1. The van der Waals surface area contributed by atoms with E-state index in [4.69, 9.17) is 14.0 Å². The summed E-state index contributed by atoms with van der Waals surface area (Å²) >= 11 is 0. The van der Waals surface area contributed by atoms with Crippen LogP contribution < -0.4 is 5.46 Å². The van der Waals surface area contributed by atoms with E-state index in [9.17, 15) is 4.79 Å². The van der Waals surface area contributed by atoms with Crippen LogP contribution in [0.1, 0.15) is 49.9 Å². The van der Waals surface area contributed by atoms with Gasteiger partial charge >= 0.3 is 13.1 Å². The molecule has 0 amide bonds.